The molecule has 0 aromatic heterocycles. The number of oxime groups is 1. The van der Waals surface area contributed by atoms with E-state index in [9.17, 15) is 14.0 Å². The van der Waals surface area contributed by atoms with Crippen molar-refractivity contribution in [1.82, 2.24) is 0 Å². The third kappa shape index (κ3) is 7.23. The third-order valence-corrected chi connectivity index (χ3v) is 3.98. The van der Waals surface area contributed by atoms with Crippen LogP contribution in [0.1, 0.15) is 52.4 Å². The van der Waals surface area contributed by atoms with Gasteiger partial charge in [-0.1, -0.05) is 11.2 Å². The minimum absolute atomic E-state index is 0.0803. The summed E-state index contributed by atoms with van der Waals surface area (Å²) >= 11 is 0. The molecular formula is C18H28FNO5. The maximum absolute atomic E-state index is 14.2. The molecule has 0 amide bonds. The molecule has 1 aliphatic carbocycles. The minimum Gasteiger partial charge on any atom is -0.465 e. The molecule has 0 N–H and O–H groups in total. The zero-order valence-electron chi connectivity index (χ0n) is 15.3. The summed E-state index contributed by atoms with van der Waals surface area (Å²) in [7, 11) is 1.49. The molecule has 1 unspecified atom stereocenters. The molecule has 0 saturated carbocycles. The van der Waals surface area contributed by atoms with E-state index in [2.05, 4.69) is 5.16 Å². The zero-order valence-corrected chi connectivity index (χ0v) is 15.3. The van der Waals surface area contributed by atoms with Crippen molar-refractivity contribution in [2.75, 3.05) is 20.3 Å². The fraction of sp³-hybridized carbons (Fsp3) is 0.722. The largest absolute Gasteiger partial charge is 0.465 e. The number of halogens is 1. The number of rotatable bonds is 11. The molecule has 0 saturated heterocycles. The first-order valence-corrected chi connectivity index (χ1v) is 8.80. The van der Waals surface area contributed by atoms with Crippen molar-refractivity contribution in [2.45, 2.75) is 58.5 Å². The van der Waals surface area contributed by atoms with E-state index >= 15 is 0 Å². The van der Waals surface area contributed by atoms with Crippen LogP contribution in [0.15, 0.2) is 16.8 Å². The molecule has 0 aliphatic heterocycles. The molecule has 142 valence electrons. The van der Waals surface area contributed by atoms with Gasteiger partial charge in [0, 0.05) is 0 Å². The molecule has 0 aromatic carbocycles. The molecule has 0 heterocycles. The average molecular weight is 357 g/mol. The summed E-state index contributed by atoms with van der Waals surface area (Å²) in [6.45, 7) is 3.66. The normalized spacial score (nSPS) is 16.7. The van der Waals surface area contributed by atoms with Crippen molar-refractivity contribution < 1.29 is 28.3 Å². The molecule has 0 aromatic rings. The second-order valence-electron chi connectivity index (χ2n) is 5.76. The van der Waals surface area contributed by atoms with E-state index in [1.54, 1.807) is 13.8 Å². The van der Waals surface area contributed by atoms with Crippen LogP contribution in [0.25, 0.3) is 0 Å². The summed E-state index contributed by atoms with van der Waals surface area (Å²) in [6.07, 6.45) is 3.70. The van der Waals surface area contributed by atoms with Gasteiger partial charge in [-0.15, -0.1) is 0 Å². The molecule has 1 atom stereocenters. The van der Waals surface area contributed by atoms with Gasteiger partial charge in [0.15, 0.2) is 5.92 Å². The summed E-state index contributed by atoms with van der Waals surface area (Å²) in [6, 6.07) is 0. The van der Waals surface area contributed by atoms with Gasteiger partial charge >= 0.3 is 11.9 Å². The van der Waals surface area contributed by atoms with Gasteiger partial charge < -0.3 is 14.3 Å². The fourth-order valence-corrected chi connectivity index (χ4v) is 2.74. The van der Waals surface area contributed by atoms with Gasteiger partial charge in [-0.2, -0.15) is 0 Å². The van der Waals surface area contributed by atoms with E-state index in [1.165, 1.54) is 7.11 Å². The highest BCUT2D eigenvalue weighted by Crippen LogP contribution is 2.24. The van der Waals surface area contributed by atoms with E-state index < -0.39 is 24.0 Å². The lowest BCUT2D eigenvalue weighted by Crippen LogP contribution is -2.29. The molecule has 25 heavy (non-hydrogen) atoms. The first-order chi connectivity index (χ1) is 12.0. The van der Waals surface area contributed by atoms with Crippen LogP contribution in [0, 0.1) is 5.92 Å². The Hall–Kier alpha value is -1.92. The predicted octanol–water partition coefficient (Wildman–Crippen LogP) is 3.35. The first kappa shape index (κ1) is 21.1. The first-order valence-electron chi connectivity index (χ1n) is 8.80. The Morgan fingerprint density at radius 2 is 1.80 bits per heavy atom. The number of ether oxygens (including phenoxy) is 2. The van der Waals surface area contributed by atoms with Gasteiger partial charge in [0.1, 0.15) is 13.3 Å². The summed E-state index contributed by atoms with van der Waals surface area (Å²) in [4.78, 5) is 28.5. The molecule has 7 heteroatoms. The molecule has 6 nitrogen and oxygen atoms in total. The average Bonchev–Trinajstić information content (AvgIpc) is 3.01. The lowest BCUT2D eigenvalue weighted by Gasteiger charge is -2.15. The van der Waals surface area contributed by atoms with E-state index in [0.717, 1.165) is 24.1 Å². The van der Waals surface area contributed by atoms with Gasteiger partial charge in [-0.25, -0.2) is 4.39 Å². The Morgan fingerprint density at radius 3 is 2.36 bits per heavy atom. The van der Waals surface area contributed by atoms with Gasteiger partial charge in [0.2, 0.25) is 0 Å². The van der Waals surface area contributed by atoms with Crippen LogP contribution >= 0.6 is 0 Å². The number of esters is 2. The fourth-order valence-electron chi connectivity index (χ4n) is 2.74. The van der Waals surface area contributed by atoms with Crippen molar-refractivity contribution in [3.05, 3.63) is 11.6 Å². The third-order valence-electron chi connectivity index (χ3n) is 3.98. The standard InChI is InChI=1S/C18H28FNO5/c1-4-24-17(21)15(18(22)25-5-2)12-11-14(19)10-9-13-7-6-8-16(13)20-23-3/h7,14-15H,4-6,8-12H2,1-3H3. The summed E-state index contributed by atoms with van der Waals surface area (Å²) in [5, 5.41) is 3.95. The lowest BCUT2D eigenvalue weighted by atomic mass is 9.98. The number of alkyl halides is 1. The van der Waals surface area contributed by atoms with Crippen molar-refractivity contribution in [2.24, 2.45) is 11.1 Å². The van der Waals surface area contributed by atoms with Crippen LogP contribution in [0.3, 0.4) is 0 Å². The van der Waals surface area contributed by atoms with Crippen molar-refractivity contribution in [1.29, 1.82) is 0 Å². The Balaban J connectivity index is 2.48. The van der Waals surface area contributed by atoms with E-state index in [-0.39, 0.29) is 26.1 Å². The number of carbonyl (C=O) groups excluding carboxylic acids is 2. The molecule has 0 bridgehead atoms. The van der Waals surface area contributed by atoms with E-state index in [4.69, 9.17) is 14.3 Å². The smallest absolute Gasteiger partial charge is 0.320 e. The maximum Gasteiger partial charge on any atom is 0.320 e. The second kappa shape index (κ2) is 11.6. The number of allylic oxidation sites excluding steroid dienone is 2. The van der Waals surface area contributed by atoms with Crippen LogP contribution in [0.2, 0.25) is 0 Å². The Labute approximate surface area is 148 Å². The highest BCUT2D eigenvalue weighted by molar-refractivity contribution is 6.01. The van der Waals surface area contributed by atoms with Crippen molar-refractivity contribution in [3.8, 4) is 0 Å². The molecular weight excluding hydrogens is 329 g/mol. The summed E-state index contributed by atoms with van der Waals surface area (Å²) in [5.41, 5.74) is 1.88. The monoisotopic (exact) mass is 357 g/mol. The number of hydrogen-bond donors (Lipinski definition) is 0. The van der Waals surface area contributed by atoms with Gasteiger partial charge in [0.25, 0.3) is 0 Å². The lowest BCUT2D eigenvalue weighted by molar-refractivity contribution is -0.162. The zero-order chi connectivity index (χ0) is 18.7. The maximum atomic E-state index is 14.2. The van der Waals surface area contributed by atoms with Gasteiger partial charge in [0.05, 0.1) is 18.9 Å². The second-order valence-corrected chi connectivity index (χ2v) is 5.76. The van der Waals surface area contributed by atoms with Crippen LogP contribution in [-0.4, -0.2) is 44.1 Å². The quantitative estimate of drug-likeness (QED) is 0.322. The minimum atomic E-state index is -1.11. The Morgan fingerprint density at radius 1 is 1.16 bits per heavy atom. The summed E-state index contributed by atoms with van der Waals surface area (Å²) < 4.78 is 24.0. The molecule has 1 aliphatic rings. The molecule has 0 fully saturated rings. The van der Waals surface area contributed by atoms with Crippen LogP contribution in [-0.2, 0) is 23.9 Å². The summed E-state index contributed by atoms with van der Waals surface area (Å²) in [5.74, 6) is -2.36. The number of hydrogen-bond acceptors (Lipinski definition) is 6. The highest BCUT2D eigenvalue weighted by Gasteiger charge is 2.30. The highest BCUT2D eigenvalue weighted by atomic mass is 19.1. The van der Waals surface area contributed by atoms with Gasteiger partial charge in [-0.05, 0) is 57.9 Å². The van der Waals surface area contributed by atoms with Gasteiger partial charge in [-0.3, -0.25) is 9.59 Å². The van der Waals surface area contributed by atoms with Crippen molar-refractivity contribution in [3.63, 3.8) is 0 Å². The van der Waals surface area contributed by atoms with Crippen molar-refractivity contribution >= 4 is 17.7 Å². The Kier molecular flexibility index (Phi) is 9.80. The molecule has 1 rings (SSSR count). The SMILES string of the molecule is CCOC(=O)C(CCC(F)CCC1=CCCC1=NOC)C(=O)OCC. The Bertz CT molecular complexity index is 486. The number of nitrogens with zero attached hydrogens (tertiary/aromatic N) is 1. The predicted molar refractivity (Wildman–Crippen MR) is 91.9 cm³/mol. The van der Waals surface area contributed by atoms with Crippen LogP contribution < -0.4 is 0 Å². The molecule has 0 spiro atoms. The van der Waals surface area contributed by atoms with E-state index in [0.29, 0.717) is 12.8 Å². The van der Waals surface area contributed by atoms with E-state index in [1.807, 2.05) is 6.08 Å². The number of carbonyl (C=O) groups is 2. The van der Waals surface area contributed by atoms with Crippen LogP contribution in [0.4, 0.5) is 4.39 Å². The van der Waals surface area contributed by atoms with Crippen LogP contribution in [0.5, 0.6) is 0 Å². The topological polar surface area (TPSA) is 74.2 Å². The molecule has 0 radical (unpaired) electrons.